The van der Waals surface area contributed by atoms with E-state index < -0.39 is 23.1 Å². The van der Waals surface area contributed by atoms with Gasteiger partial charge in [-0.25, -0.2) is 8.78 Å². The van der Waals surface area contributed by atoms with Crippen LogP contribution in [0, 0.1) is 24.5 Å². The molecular formula is C15H20F2N2O. The molecule has 2 atom stereocenters. The van der Waals surface area contributed by atoms with Crippen LogP contribution in [0.3, 0.4) is 0 Å². The lowest BCUT2D eigenvalue weighted by Crippen LogP contribution is -2.49. The third kappa shape index (κ3) is 2.68. The van der Waals surface area contributed by atoms with Crippen LogP contribution in [0.1, 0.15) is 35.7 Å². The second kappa shape index (κ2) is 5.87. The van der Waals surface area contributed by atoms with Crippen LogP contribution in [-0.4, -0.2) is 29.9 Å². The van der Waals surface area contributed by atoms with Crippen molar-refractivity contribution in [2.45, 2.75) is 32.7 Å². The van der Waals surface area contributed by atoms with Crippen LogP contribution < -0.4 is 5.73 Å². The van der Waals surface area contributed by atoms with Gasteiger partial charge >= 0.3 is 0 Å². The highest BCUT2D eigenvalue weighted by Crippen LogP contribution is 2.26. The summed E-state index contributed by atoms with van der Waals surface area (Å²) in [6.45, 7) is 4.42. The van der Waals surface area contributed by atoms with Crippen molar-refractivity contribution in [3.8, 4) is 0 Å². The maximum Gasteiger partial charge on any atom is 0.260 e. The monoisotopic (exact) mass is 282 g/mol. The van der Waals surface area contributed by atoms with Gasteiger partial charge in [-0.3, -0.25) is 4.79 Å². The van der Waals surface area contributed by atoms with Gasteiger partial charge in [-0.05, 0) is 37.3 Å². The molecule has 2 unspecified atom stereocenters. The minimum atomic E-state index is -0.813. The summed E-state index contributed by atoms with van der Waals surface area (Å²) in [5.74, 6) is -1.71. The molecule has 2 N–H and O–H groups in total. The van der Waals surface area contributed by atoms with Crippen LogP contribution in [0.15, 0.2) is 12.1 Å². The number of nitrogens with zero attached hydrogens (tertiary/aromatic N) is 1. The second-order valence-electron chi connectivity index (χ2n) is 5.57. The first-order valence-electron chi connectivity index (χ1n) is 6.91. The number of hydrogen-bond acceptors (Lipinski definition) is 2. The molecule has 0 saturated carbocycles. The van der Waals surface area contributed by atoms with E-state index >= 15 is 0 Å². The van der Waals surface area contributed by atoms with Gasteiger partial charge in [0, 0.05) is 19.1 Å². The van der Waals surface area contributed by atoms with E-state index in [0.29, 0.717) is 19.0 Å². The summed E-state index contributed by atoms with van der Waals surface area (Å²) in [4.78, 5) is 14.0. The first-order valence-corrected chi connectivity index (χ1v) is 6.91. The standard InChI is InChI=1S/C15H20F2N2O/c1-9-5-6-19(11(7-9)8-18)15(20)13-12(16)4-3-10(2)14(13)17/h3-4,9,11H,5-8,18H2,1-2H3. The molecule has 2 rings (SSSR count). The molecule has 0 aromatic heterocycles. The van der Waals surface area contributed by atoms with Gasteiger partial charge < -0.3 is 10.6 Å². The van der Waals surface area contributed by atoms with Gasteiger partial charge in [0.05, 0.1) is 0 Å². The molecule has 1 fully saturated rings. The molecule has 0 bridgehead atoms. The lowest BCUT2D eigenvalue weighted by Gasteiger charge is -2.38. The molecule has 0 spiro atoms. The number of piperidine rings is 1. The zero-order chi connectivity index (χ0) is 14.9. The van der Waals surface area contributed by atoms with E-state index in [9.17, 15) is 13.6 Å². The van der Waals surface area contributed by atoms with Crippen molar-refractivity contribution in [3.63, 3.8) is 0 Å². The Morgan fingerprint density at radius 1 is 1.45 bits per heavy atom. The smallest absolute Gasteiger partial charge is 0.260 e. The number of carbonyl (C=O) groups is 1. The first kappa shape index (κ1) is 14.9. The predicted molar refractivity (Wildman–Crippen MR) is 73.4 cm³/mol. The SMILES string of the molecule is Cc1ccc(F)c(C(=O)N2CCC(C)CC2CN)c1F. The Kier molecular flexibility index (Phi) is 4.38. The number of amides is 1. The van der Waals surface area contributed by atoms with Gasteiger partial charge in [-0.2, -0.15) is 0 Å². The van der Waals surface area contributed by atoms with Gasteiger partial charge in [0.15, 0.2) is 0 Å². The fourth-order valence-corrected chi connectivity index (χ4v) is 2.74. The number of halogens is 2. The molecule has 1 saturated heterocycles. The Morgan fingerprint density at radius 2 is 2.15 bits per heavy atom. The fraction of sp³-hybridized carbons (Fsp3) is 0.533. The van der Waals surface area contributed by atoms with E-state index in [0.717, 1.165) is 18.9 Å². The van der Waals surface area contributed by atoms with E-state index in [1.165, 1.54) is 17.9 Å². The van der Waals surface area contributed by atoms with Crippen molar-refractivity contribution in [2.24, 2.45) is 11.7 Å². The number of rotatable bonds is 2. The zero-order valence-corrected chi connectivity index (χ0v) is 11.8. The summed E-state index contributed by atoms with van der Waals surface area (Å²) in [5.41, 5.74) is 5.50. The number of aryl methyl sites for hydroxylation is 1. The van der Waals surface area contributed by atoms with E-state index in [2.05, 4.69) is 6.92 Å². The molecule has 1 aromatic carbocycles. The van der Waals surface area contributed by atoms with Crippen molar-refractivity contribution >= 4 is 5.91 Å². The average molecular weight is 282 g/mol. The summed E-state index contributed by atoms with van der Waals surface area (Å²) in [7, 11) is 0. The molecule has 1 aliphatic rings. The molecule has 5 heteroatoms. The maximum absolute atomic E-state index is 14.1. The highest BCUT2D eigenvalue weighted by molar-refractivity contribution is 5.95. The van der Waals surface area contributed by atoms with E-state index in [1.807, 2.05) is 0 Å². The van der Waals surface area contributed by atoms with Crippen molar-refractivity contribution in [2.75, 3.05) is 13.1 Å². The number of nitrogens with two attached hydrogens (primary N) is 1. The lowest BCUT2D eigenvalue weighted by molar-refractivity contribution is 0.0563. The summed E-state index contributed by atoms with van der Waals surface area (Å²) < 4.78 is 27.9. The van der Waals surface area contributed by atoms with Crippen LogP contribution in [0.25, 0.3) is 0 Å². The normalized spacial score (nSPS) is 22.9. The van der Waals surface area contributed by atoms with Crippen molar-refractivity contribution in [1.82, 2.24) is 4.90 Å². The largest absolute Gasteiger partial charge is 0.334 e. The molecule has 1 amide bonds. The van der Waals surface area contributed by atoms with Crippen LogP contribution in [-0.2, 0) is 0 Å². The van der Waals surface area contributed by atoms with Crippen molar-refractivity contribution in [1.29, 1.82) is 0 Å². The van der Waals surface area contributed by atoms with E-state index in [-0.39, 0.29) is 11.6 Å². The molecule has 1 heterocycles. The molecule has 0 aliphatic carbocycles. The second-order valence-corrected chi connectivity index (χ2v) is 5.57. The molecule has 1 aliphatic heterocycles. The topological polar surface area (TPSA) is 46.3 Å². The zero-order valence-electron chi connectivity index (χ0n) is 11.8. The fourth-order valence-electron chi connectivity index (χ4n) is 2.74. The number of hydrogen-bond donors (Lipinski definition) is 1. The van der Waals surface area contributed by atoms with Crippen LogP contribution in [0.5, 0.6) is 0 Å². The minimum Gasteiger partial charge on any atom is -0.334 e. The summed E-state index contributed by atoms with van der Waals surface area (Å²) in [6, 6.07) is 2.32. The molecule has 0 radical (unpaired) electrons. The maximum atomic E-state index is 14.1. The Morgan fingerprint density at radius 3 is 2.80 bits per heavy atom. The highest BCUT2D eigenvalue weighted by Gasteiger charge is 2.32. The van der Waals surface area contributed by atoms with Gasteiger partial charge in [-0.15, -0.1) is 0 Å². The van der Waals surface area contributed by atoms with E-state index in [4.69, 9.17) is 5.73 Å². The van der Waals surface area contributed by atoms with Gasteiger partial charge in [-0.1, -0.05) is 13.0 Å². The van der Waals surface area contributed by atoms with E-state index in [1.54, 1.807) is 0 Å². The predicted octanol–water partition coefficient (Wildman–Crippen LogP) is 2.47. The molecule has 20 heavy (non-hydrogen) atoms. The molecular weight excluding hydrogens is 262 g/mol. The average Bonchev–Trinajstić information content (AvgIpc) is 2.43. The van der Waals surface area contributed by atoms with Crippen molar-refractivity contribution < 1.29 is 13.6 Å². The van der Waals surface area contributed by atoms with Crippen LogP contribution >= 0.6 is 0 Å². The number of carbonyl (C=O) groups excluding carboxylic acids is 1. The minimum absolute atomic E-state index is 0.148. The molecule has 110 valence electrons. The van der Waals surface area contributed by atoms with Gasteiger partial charge in [0.2, 0.25) is 0 Å². The third-order valence-corrected chi connectivity index (χ3v) is 4.01. The van der Waals surface area contributed by atoms with Gasteiger partial charge in [0.1, 0.15) is 17.2 Å². The van der Waals surface area contributed by atoms with Crippen LogP contribution in [0.2, 0.25) is 0 Å². The lowest BCUT2D eigenvalue weighted by atomic mass is 9.91. The Hall–Kier alpha value is -1.49. The summed E-state index contributed by atoms with van der Waals surface area (Å²) in [5, 5.41) is 0. The van der Waals surface area contributed by atoms with Crippen molar-refractivity contribution in [3.05, 3.63) is 34.9 Å². The molecule has 3 nitrogen and oxygen atoms in total. The number of likely N-dealkylation sites (tertiary alicyclic amines) is 1. The number of benzene rings is 1. The Labute approximate surface area is 117 Å². The third-order valence-electron chi connectivity index (χ3n) is 4.01. The Bertz CT molecular complexity index is 519. The van der Waals surface area contributed by atoms with Gasteiger partial charge in [0.25, 0.3) is 5.91 Å². The summed E-state index contributed by atoms with van der Waals surface area (Å²) >= 11 is 0. The first-order chi connectivity index (χ1) is 9.45. The summed E-state index contributed by atoms with van der Waals surface area (Å²) in [6.07, 6.45) is 1.61. The quantitative estimate of drug-likeness (QED) is 0.905. The highest BCUT2D eigenvalue weighted by atomic mass is 19.1. The Balaban J connectivity index is 2.34. The molecule has 1 aromatic rings. The van der Waals surface area contributed by atoms with Crippen LogP contribution in [0.4, 0.5) is 8.78 Å².